The molecule has 0 saturated carbocycles. The van der Waals surface area contributed by atoms with E-state index in [9.17, 15) is 18.7 Å². The van der Waals surface area contributed by atoms with Gasteiger partial charge in [0.2, 0.25) is 0 Å². The van der Waals surface area contributed by atoms with Gasteiger partial charge in [0.1, 0.15) is 28.1 Å². The number of hydrogen-bond acceptors (Lipinski definition) is 8. The molecule has 0 spiro atoms. The maximum absolute atomic E-state index is 12.0. The largest absolute Gasteiger partial charge is 0.760 e. The number of fused-ring (bicyclic) bond motifs is 1. The average Bonchev–Trinajstić information content (AvgIpc) is 3.29. The van der Waals surface area contributed by atoms with Crippen molar-refractivity contribution in [1.29, 1.82) is 0 Å². The molecule has 0 aliphatic heterocycles. The number of ether oxygens (including phenoxy) is 3. The summed E-state index contributed by atoms with van der Waals surface area (Å²) in [6, 6.07) is 12.0. The topological polar surface area (TPSA) is 139 Å². The van der Waals surface area contributed by atoms with Crippen molar-refractivity contribution >= 4 is 39.7 Å². The van der Waals surface area contributed by atoms with Crippen LogP contribution in [0.15, 0.2) is 48.7 Å². The first-order valence-corrected chi connectivity index (χ1v) is 12.7. The number of pyridine rings is 1. The summed E-state index contributed by atoms with van der Waals surface area (Å²) < 4.78 is 42.9. The average molecular weight is 560 g/mol. The Morgan fingerprint density at radius 2 is 1.87 bits per heavy atom. The molecule has 0 saturated heterocycles. The van der Waals surface area contributed by atoms with Gasteiger partial charge in [-0.3, -0.25) is 4.21 Å². The van der Waals surface area contributed by atoms with Crippen molar-refractivity contribution in [3.05, 3.63) is 70.6 Å². The molecule has 2 aromatic heterocycles. The molecule has 4 rings (SSSR count). The summed E-state index contributed by atoms with van der Waals surface area (Å²) in [5.41, 5.74) is 2.20. The number of benzene rings is 2. The lowest BCUT2D eigenvalue weighted by atomic mass is 10.1. The van der Waals surface area contributed by atoms with Crippen molar-refractivity contribution in [2.45, 2.75) is 13.0 Å². The standard InChI is InChI=1S/C25H25ClN4O7S/c1-35-17-6-5-16(21(11-17)36-2)8-9-29(38(33)34)14-15-4-7-19(22(10-15)37-3)30-20-12-23(26)27-13-18(20)24(28-30)25(31)32/h4-7,10-13H,8-9,14H2,1-3H3,(H,31,32)(H,33,34)/p-1. The van der Waals surface area contributed by atoms with Gasteiger partial charge >= 0.3 is 5.97 Å². The van der Waals surface area contributed by atoms with Crippen LogP contribution in [0.3, 0.4) is 0 Å². The fraction of sp³-hybridized carbons (Fsp3) is 0.240. The van der Waals surface area contributed by atoms with E-state index in [1.54, 1.807) is 44.6 Å². The number of rotatable bonds is 11. The number of carbonyl (C=O) groups is 1. The van der Waals surface area contributed by atoms with Crippen LogP contribution in [0.2, 0.25) is 5.15 Å². The highest BCUT2D eigenvalue weighted by Gasteiger charge is 2.21. The molecule has 11 nitrogen and oxygen atoms in total. The van der Waals surface area contributed by atoms with E-state index in [1.165, 1.54) is 28.4 Å². The van der Waals surface area contributed by atoms with Gasteiger partial charge in [0.25, 0.3) is 0 Å². The number of nitrogens with zero attached hydrogens (tertiary/aromatic N) is 4. The van der Waals surface area contributed by atoms with Gasteiger partial charge in [0.05, 0.1) is 32.2 Å². The zero-order valence-corrected chi connectivity index (χ0v) is 22.3. The predicted octanol–water partition coefficient (Wildman–Crippen LogP) is 3.64. The lowest BCUT2D eigenvalue weighted by Crippen LogP contribution is -2.27. The predicted molar refractivity (Wildman–Crippen MR) is 140 cm³/mol. The third-order valence-corrected chi connectivity index (χ3v) is 6.84. The summed E-state index contributed by atoms with van der Waals surface area (Å²) in [7, 11) is 4.56. The van der Waals surface area contributed by atoms with Crippen molar-refractivity contribution in [2.75, 3.05) is 27.9 Å². The van der Waals surface area contributed by atoms with Gasteiger partial charge in [-0.05, 0) is 35.7 Å². The van der Waals surface area contributed by atoms with E-state index in [4.69, 9.17) is 25.8 Å². The number of halogens is 1. The molecular formula is C25H24ClN4O7S-. The lowest BCUT2D eigenvalue weighted by molar-refractivity contribution is 0.0692. The monoisotopic (exact) mass is 559 g/mol. The molecule has 0 aliphatic carbocycles. The quantitative estimate of drug-likeness (QED) is 0.215. The van der Waals surface area contributed by atoms with Gasteiger partial charge in [0, 0.05) is 42.7 Å². The first-order valence-electron chi connectivity index (χ1n) is 11.3. The third-order valence-electron chi connectivity index (χ3n) is 5.90. The molecule has 200 valence electrons. The van der Waals surface area contributed by atoms with Crippen LogP contribution in [0, 0.1) is 0 Å². The summed E-state index contributed by atoms with van der Waals surface area (Å²) in [6.07, 6.45) is 1.77. The van der Waals surface area contributed by atoms with Crippen LogP contribution >= 0.6 is 11.6 Å². The molecule has 4 aromatic rings. The molecule has 13 heteroatoms. The van der Waals surface area contributed by atoms with Crippen LogP contribution in [-0.2, 0) is 24.2 Å². The van der Waals surface area contributed by atoms with Crippen LogP contribution in [0.1, 0.15) is 21.6 Å². The molecule has 2 heterocycles. The minimum absolute atomic E-state index is 0.0845. The Balaban J connectivity index is 1.61. The van der Waals surface area contributed by atoms with E-state index < -0.39 is 17.2 Å². The maximum Gasteiger partial charge on any atom is 0.357 e. The van der Waals surface area contributed by atoms with Crippen LogP contribution < -0.4 is 14.2 Å². The van der Waals surface area contributed by atoms with Crippen LogP contribution in [0.5, 0.6) is 17.2 Å². The Hall–Kier alpha value is -3.71. The number of aromatic carboxylic acids is 1. The van der Waals surface area contributed by atoms with Crippen molar-refractivity contribution in [3.8, 4) is 22.9 Å². The fourth-order valence-electron chi connectivity index (χ4n) is 4.04. The van der Waals surface area contributed by atoms with Crippen LogP contribution in [0.25, 0.3) is 16.6 Å². The molecule has 0 bridgehead atoms. The molecule has 0 radical (unpaired) electrons. The highest BCUT2D eigenvalue weighted by atomic mass is 35.5. The Bertz CT molecular complexity index is 1510. The number of carboxylic acids is 1. The summed E-state index contributed by atoms with van der Waals surface area (Å²) >= 11 is 3.56. The Kier molecular flexibility index (Phi) is 8.47. The first kappa shape index (κ1) is 27.3. The zero-order chi connectivity index (χ0) is 27.4. The van der Waals surface area contributed by atoms with Gasteiger partial charge in [-0.25, -0.2) is 18.8 Å². The van der Waals surface area contributed by atoms with Crippen LogP contribution in [0.4, 0.5) is 0 Å². The summed E-state index contributed by atoms with van der Waals surface area (Å²) in [5.74, 6) is 0.399. The molecule has 1 unspecified atom stereocenters. The Labute approximate surface area is 225 Å². The molecule has 2 aromatic carbocycles. The highest BCUT2D eigenvalue weighted by molar-refractivity contribution is 7.76. The SMILES string of the molecule is COc1ccc(CCN(Cc2ccc(-n3nc(C(=O)O)c4cnc(Cl)cc43)c(OC)c2)S(=O)[O-])c(OC)c1. The van der Waals surface area contributed by atoms with E-state index >= 15 is 0 Å². The summed E-state index contributed by atoms with van der Waals surface area (Å²) in [5, 5.41) is 14.3. The number of aromatic nitrogens is 3. The van der Waals surface area contributed by atoms with E-state index in [0.29, 0.717) is 45.8 Å². The summed E-state index contributed by atoms with van der Waals surface area (Å²) in [4.78, 5) is 15.7. The van der Waals surface area contributed by atoms with Gasteiger partial charge in [0.15, 0.2) is 5.69 Å². The summed E-state index contributed by atoms with van der Waals surface area (Å²) in [6.45, 7) is 0.293. The molecule has 0 aliphatic rings. The Morgan fingerprint density at radius 1 is 1.11 bits per heavy atom. The van der Waals surface area contributed by atoms with Crippen LogP contribution in [-0.4, -0.2) is 66.8 Å². The van der Waals surface area contributed by atoms with Crippen molar-refractivity contribution in [1.82, 2.24) is 19.1 Å². The van der Waals surface area contributed by atoms with Gasteiger partial charge in [-0.15, -0.1) is 0 Å². The molecule has 1 atom stereocenters. The zero-order valence-electron chi connectivity index (χ0n) is 20.7. The van der Waals surface area contributed by atoms with E-state index in [1.807, 2.05) is 6.07 Å². The molecule has 1 N–H and O–H groups in total. The minimum Gasteiger partial charge on any atom is -0.760 e. The molecule has 0 fully saturated rings. The minimum atomic E-state index is -2.49. The number of carboxylic acid groups (broad SMARTS) is 1. The third kappa shape index (κ3) is 5.73. The second-order valence-corrected chi connectivity index (χ2v) is 9.44. The number of methoxy groups -OCH3 is 3. The molecule has 38 heavy (non-hydrogen) atoms. The second-order valence-electron chi connectivity index (χ2n) is 8.10. The normalized spacial score (nSPS) is 12.1. The van der Waals surface area contributed by atoms with E-state index in [0.717, 1.165) is 5.56 Å². The van der Waals surface area contributed by atoms with Crippen molar-refractivity contribution in [3.63, 3.8) is 0 Å². The maximum atomic E-state index is 12.0. The Morgan fingerprint density at radius 3 is 2.53 bits per heavy atom. The first-order chi connectivity index (χ1) is 18.2. The van der Waals surface area contributed by atoms with Gasteiger partial charge in [-0.1, -0.05) is 23.7 Å². The second kappa shape index (κ2) is 11.8. The highest BCUT2D eigenvalue weighted by Crippen LogP contribution is 2.31. The molecule has 0 amide bonds. The lowest BCUT2D eigenvalue weighted by Gasteiger charge is -2.25. The smallest absolute Gasteiger partial charge is 0.357 e. The van der Waals surface area contributed by atoms with Crippen molar-refractivity contribution in [2.24, 2.45) is 0 Å². The van der Waals surface area contributed by atoms with Gasteiger partial charge < -0.3 is 23.9 Å². The van der Waals surface area contributed by atoms with E-state index in [2.05, 4.69) is 10.1 Å². The number of hydrogen-bond donors (Lipinski definition) is 1. The molecular weight excluding hydrogens is 536 g/mol. The van der Waals surface area contributed by atoms with E-state index in [-0.39, 0.29) is 23.9 Å². The van der Waals surface area contributed by atoms with Gasteiger partial charge in [-0.2, -0.15) is 5.10 Å². The van der Waals surface area contributed by atoms with Crippen molar-refractivity contribution < 1.29 is 32.9 Å². The fourth-order valence-corrected chi connectivity index (χ4v) is 4.68.